The highest BCUT2D eigenvalue weighted by atomic mass is 35.5. The van der Waals surface area contributed by atoms with E-state index >= 15 is 0 Å². The minimum Gasteiger partial charge on any atom is -0.465 e. The van der Waals surface area contributed by atoms with Gasteiger partial charge < -0.3 is 10.1 Å². The zero-order valence-electron chi connectivity index (χ0n) is 8.53. The molecule has 0 aliphatic carbocycles. The molecule has 0 unspecified atom stereocenters. The molecule has 1 aromatic rings. The van der Waals surface area contributed by atoms with E-state index in [1.807, 2.05) is 24.3 Å². The van der Waals surface area contributed by atoms with E-state index in [0.717, 1.165) is 18.7 Å². The summed E-state index contributed by atoms with van der Waals surface area (Å²) in [5, 5.41) is 3.19. The Morgan fingerprint density at radius 1 is 1.40 bits per heavy atom. The molecule has 0 radical (unpaired) electrons. The SMILES string of the molecule is COC(=O)c1ccccc1C1CNC1.Cl. The lowest BCUT2D eigenvalue weighted by atomic mass is 9.90. The van der Waals surface area contributed by atoms with Crippen LogP contribution in [0.4, 0.5) is 0 Å². The number of carbonyl (C=O) groups excluding carboxylic acids is 1. The van der Waals surface area contributed by atoms with Gasteiger partial charge >= 0.3 is 5.97 Å². The van der Waals surface area contributed by atoms with Crippen LogP contribution in [-0.2, 0) is 4.74 Å². The Bertz CT molecular complexity index is 350. The van der Waals surface area contributed by atoms with Crippen LogP contribution in [0, 0.1) is 0 Å². The summed E-state index contributed by atoms with van der Waals surface area (Å²) < 4.78 is 4.74. The van der Waals surface area contributed by atoms with Crippen molar-refractivity contribution < 1.29 is 9.53 Å². The van der Waals surface area contributed by atoms with Gasteiger partial charge in [0.15, 0.2) is 0 Å². The van der Waals surface area contributed by atoms with Crippen LogP contribution in [0.3, 0.4) is 0 Å². The fraction of sp³-hybridized carbons (Fsp3) is 0.364. The first-order valence-corrected chi connectivity index (χ1v) is 4.71. The number of nitrogens with one attached hydrogen (secondary N) is 1. The highest BCUT2D eigenvalue weighted by molar-refractivity contribution is 5.91. The van der Waals surface area contributed by atoms with E-state index in [4.69, 9.17) is 4.74 Å². The summed E-state index contributed by atoms with van der Waals surface area (Å²) in [5.74, 6) is 0.220. The summed E-state index contributed by atoms with van der Waals surface area (Å²) in [7, 11) is 1.41. The maximum absolute atomic E-state index is 11.4. The number of halogens is 1. The third-order valence-corrected chi connectivity index (χ3v) is 2.59. The minimum absolute atomic E-state index is 0. The number of esters is 1. The summed E-state index contributed by atoms with van der Waals surface area (Å²) in [4.78, 5) is 11.4. The summed E-state index contributed by atoms with van der Waals surface area (Å²) in [5.41, 5.74) is 1.79. The molecule has 0 bridgehead atoms. The smallest absolute Gasteiger partial charge is 0.338 e. The number of hydrogen-bond acceptors (Lipinski definition) is 3. The molecule has 0 saturated carbocycles. The van der Waals surface area contributed by atoms with Crippen LogP contribution in [0.2, 0.25) is 0 Å². The average molecular weight is 228 g/mol. The van der Waals surface area contributed by atoms with Crippen molar-refractivity contribution in [2.24, 2.45) is 0 Å². The van der Waals surface area contributed by atoms with Gasteiger partial charge in [-0.25, -0.2) is 4.79 Å². The van der Waals surface area contributed by atoms with Crippen molar-refractivity contribution in [2.45, 2.75) is 5.92 Å². The average Bonchev–Trinajstić information content (AvgIpc) is 2.15. The molecule has 3 nitrogen and oxygen atoms in total. The van der Waals surface area contributed by atoms with E-state index in [1.54, 1.807) is 0 Å². The van der Waals surface area contributed by atoms with Gasteiger partial charge in [-0.05, 0) is 11.6 Å². The highest BCUT2D eigenvalue weighted by Gasteiger charge is 2.23. The Morgan fingerprint density at radius 3 is 2.60 bits per heavy atom. The lowest BCUT2D eigenvalue weighted by Gasteiger charge is -2.28. The summed E-state index contributed by atoms with van der Waals surface area (Å²) in [6, 6.07) is 7.64. The van der Waals surface area contributed by atoms with Crippen molar-refractivity contribution in [2.75, 3.05) is 20.2 Å². The molecule has 15 heavy (non-hydrogen) atoms. The monoisotopic (exact) mass is 227 g/mol. The normalized spacial score (nSPS) is 15.0. The zero-order chi connectivity index (χ0) is 9.97. The zero-order valence-corrected chi connectivity index (χ0v) is 9.34. The molecule has 82 valence electrons. The molecule has 0 aromatic heterocycles. The lowest BCUT2D eigenvalue weighted by Crippen LogP contribution is -2.40. The highest BCUT2D eigenvalue weighted by Crippen LogP contribution is 2.23. The van der Waals surface area contributed by atoms with Gasteiger partial charge in [0, 0.05) is 19.0 Å². The van der Waals surface area contributed by atoms with E-state index < -0.39 is 0 Å². The van der Waals surface area contributed by atoms with Crippen molar-refractivity contribution in [3.63, 3.8) is 0 Å². The van der Waals surface area contributed by atoms with Crippen molar-refractivity contribution in [1.29, 1.82) is 0 Å². The first kappa shape index (κ1) is 12.0. The Hall–Kier alpha value is -1.06. The number of ether oxygens (including phenoxy) is 1. The second-order valence-corrected chi connectivity index (χ2v) is 3.43. The molecule has 0 spiro atoms. The minimum atomic E-state index is -0.243. The predicted molar refractivity (Wildman–Crippen MR) is 60.6 cm³/mol. The first-order chi connectivity index (χ1) is 6.83. The first-order valence-electron chi connectivity index (χ1n) is 4.71. The van der Waals surface area contributed by atoms with Gasteiger partial charge in [-0.3, -0.25) is 0 Å². The maximum Gasteiger partial charge on any atom is 0.338 e. The van der Waals surface area contributed by atoms with Gasteiger partial charge in [0.05, 0.1) is 12.7 Å². The number of benzene rings is 1. The molecule has 2 rings (SSSR count). The molecule has 0 atom stereocenters. The number of rotatable bonds is 2. The third-order valence-electron chi connectivity index (χ3n) is 2.59. The fourth-order valence-electron chi connectivity index (χ4n) is 1.66. The van der Waals surface area contributed by atoms with Crippen molar-refractivity contribution in [3.8, 4) is 0 Å². The Morgan fingerprint density at radius 2 is 2.07 bits per heavy atom. The predicted octanol–water partition coefficient (Wildman–Crippen LogP) is 1.58. The number of carbonyl (C=O) groups is 1. The largest absolute Gasteiger partial charge is 0.465 e. The van der Waals surface area contributed by atoms with Gasteiger partial charge in [0.2, 0.25) is 0 Å². The van der Waals surface area contributed by atoms with Crippen LogP contribution in [0.1, 0.15) is 21.8 Å². The van der Waals surface area contributed by atoms with Crippen LogP contribution >= 0.6 is 12.4 Å². The molecule has 1 aromatic carbocycles. The molecular weight excluding hydrogens is 214 g/mol. The number of hydrogen-bond donors (Lipinski definition) is 1. The third kappa shape index (κ3) is 2.30. The van der Waals surface area contributed by atoms with Crippen molar-refractivity contribution in [1.82, 2.24) is 5.32 Å². The van der Waals surface area contributed by atoms with E-state index in [-0.39, 0.29) is 18.4 Å². The topological polar surface area (TPSA) is 38.3 Å². The van der Waals surface area contributed by atoms with Gasteiger partial charge in [-0.2, -0.15) is 0 Å². The molecule has 1 aliphatic heterocycles. The Labute approximate surface area is 95.2 Å². The lowest BCUT2D eigenvalue weighted by molar-refractivity contribution is 0.0598. The quantitative estimate of drug-likeness (QED) is 0.780. The summed E-state index contributed by atoms with van der Waals surface area (Å²) >= 11 is 0. The van der Waals surface area contributed by atoms with E-state index in [9.17, 15) is 4.79 Å². The van der Waals surface area contributed by atoms with Gasteiger partial charge in [-0.15, -0.1) is 12.4 Å². The van der Waals surface area contributed by atoms with Crippen molar-refractivity contribution >= 4 is 18.4 Å². The number of methoxy groups -OCH3 is 1. The van der Waals surface area contributed by atoms with Gasteiger partial charge in [0.25, 0.3) is 0 Å². The van der Waals surface area contributed by atoms with Gasteiger partial charge in [-0.1, -0.05) is 18.2 Å². The molecule has 1 aliphatic rings. The molecule has 1 saturated heterocycles. The van der Waals surface area contributed by atoms with E-state index in [1.165, 1.54) is 7.11 Å². The van der Waals surface area contributed by atoms with E-state index in [2.05, 4.69) is 5.32 Å². The Kier molecular flexibility index (Phi) is 4.12. The standard InChI is InChI=1S/C11H13NO2.ClH/c1-14-11(13)10-5-3-2-4-9(10)8-6-12-7-8;/h2-5,8,12H,6-7H2,1H3;1H. The summed E-state index contributed by atoms with van der Waals surface area (Å²) in [6.45, 7) is 1.90. The molecule has 1 fully saturated rings. The fourth-order valence-corrected chi connectivity index (χ4v) is 1.66. The van der Waals surface area contributed by atoms with Crippen LogP contribution < -0.4 is 5.32 Å². The second kappa shape index (κ2) is 5.14. The Balaban J connectivity index is 0.00000112. The maximum atomic E-state index is 11.4. The molecule has 1 N–H and O–H groups in total. The van der Waals surface area contributed by atoms with Crippen LogP contribution in [0.25, 0.3) is 0 Å². The molecule has 1 heterocycles. The van der Waals surface area contributed by atoms with Crippen molar-refractivity contribution in [3.05, 3.63) is 35.4 Å². The van der Waals surface area contributed by atoms with Crippen LogP contribution in [-0.4, -0.2) is 26.2 Å². The molecule has 0 amide bonds. The van der Waals surface area contributed by atoms with E-state index in [0.29, 0.717) is 11.5 Å². The summed E-state index contributed by atoms with van der Waals surface area (Å²) in [6.07, 6.45) is 0. The van der Waals surface area contributed by atoms with Crippen LogP contribution in [0.15, 0.2) is 24.3 Å². The molecular formula is C11H14ClNO2. The van der Waals surface area contributed by atoms with Gasteiger partial charge in [0.1, 0.15) is 0 Å². The second-order valence-electron chi connectivity index (χ2n) is 3.43. The molecule has 4 heteroatoms. The van der Waals surface area contributed by atoms with Crippen LogP contribution in [0.5, 0.6) is 0 Å².